The Balaban J connectivity index is 1.61. The quantitative estimate of drug-likeness (QED) is 0.332. The molecule has 4 rings (SSSR count). The fraction of sp³-hybridized carbons (Fsp3) is 0.345. The molecule has 7 heteroatoms. The maximum atomic E-state index is 13.6. The van der Waals surface area contributed by atoms with Crippen LogP contribution in [0, 0.1) is 5.82 Å². The lowest BCUT2D eigenvalue weighted by molar-refractivity contribution is 0.0589. The van der Waals surface area contributed by atoms with Crippen LogP contribution in [0.2, 0.25) is 0 Å². The standard InChI is InChI=1S/C29H32FNO5/c1-4-5-16-35-23-10-6-20(7-11-23)29(32)31-15-14-21-17-27(33-2)28(34-3)18-25(21)26(31)19-36-24-12-8-22(30)9-13-24/h6-13,17-18,26H,4-5,14-16,19H2,1-3H3. The Kier molecular flexibility index (Phi) is 8.31. The molecular formula is C29H32FNO5. The number of ether oxygens (including phenoxy) is 4. The van der Waals surface area contributed by atoms with Crippen molar-refractivity contribution in [1.82, 2.24) is 4.90 Å². The maximum Gasteiger partial charge on any atom is 0.254 e. The third kappa shape index (κ3) is 5.73. The van der Waals surface area contributed by atoms with Crippen LogP contribution >= 0.6 is 0 Å². The summed E-state index contributed by atoms with van der Waals surface area (Å²) in [6, 6.07) is 16.6. The first-order valence-corrected chi connectivity index (χ1v) is 12.2. The topological polar surface area (TPSA) is 57.2 Å². The molecule has 190 valence electrons. The zero-order valence-corrected chi connectivity index (χ0v) is 21.0. The largest absolute Gasteiger partial charge is 0.494 e. The minimum atomic E-state index is -0.369. The molecule has 0 spiro atoms. The molecule has 36 heavy (non-hydrogen) atoms. The van der Waals surface area contributed by atoms with Gasteiger partial charge in [-0.2, -0.15) is 0 Å². The summed E-state index contributed by atoms with van der Waals surface area (Å²) in [4.78, 5) is 15.5. The number of benzene rings is 3. The van der Waals surface area contributed by atoms with Crippen molar-refractivity contribution in [3.63, 3.8) is 0 Å². The van der Waals surface area contributed by atoms with E-state index in [4.69, 9.17) is 18.9 Å². The lowest BCUT2D eigenvalue weighted by Crippen LogP contribution is -2.42. The molecule has 1 aliphatic rings. The van der Waals surface area contributed by atoms with Crippen molar-refractivity contribution in [1.29, 1.82) is 0 Å². The van der Waals surface area contributed by atoms with Gasteiger partial charge in [0.05, 0.1) is 26.9 Å². The Morgan fingerprint density at radius 3 is 2.25 bits per heavy atom. The van der Waals surface area contributed by atoms with Crippen LogP contribution < -0.4 is 18.9 Å². The highest BCUT2D eigenvalue weighted by atomic mass is 19.1. The fourth-order valence-electron chi connectivity index (χ4n) is 4.35. The van der Waals surface area contributed by atoms with Gasteiger partial charge in [-0.3, -0.25) is 4.79 Å². The van der Waals surface area contributed by atoms with Gasteiger partial charge in [-0.05, 0) is 84.6 Å². The summed E-state index contributed by atoms with van der Waals surface area (Å²) in [5, 5.41) is 0. The summed E-state index contributed by atoms with van der Waals surface area (Å²) in [6.07, 6.45) is 2.72. The highest BCUT2D eigenvalue weighted by Crippen LogP contribution is 2.39. The van der Waals surface area contributed by atoms with Crippen molar-refractivity contribution in [3.8, 4) is 23.0 Å². The number of hydrogen-bond acceptors (Lipinski definition) is 5. The van der Waals surface area contributed by atoms with E-state index in [0.29, 0.717) is 42.4 Å². The van der Waals surface area contributed by atoms with Crippen LogP contribution in [0.5, 0.6) is 23.0 Å². The average molecular weight is 494 g/mol. The van der Waals surface area contributed by atoms with E-state index in [0.717, 1.165) is 29.7 Å². The lowest BCUT2D eigenvalue weighted by Gasteiger charge is -2.37. The first kappa shape index (κ1) is 25.4. The van der Waals surface area contributed by atoms with Crippen LogP contribution in [0.15, 0.2) is 60.7 Å². The summed E-state index contributed by atoms with van der Waals surface area (Å²) in [5.74, 6) is 2.09. The van der Waals surface area contributed by atoms with Crippen LogP contribution in [0.4, 0.5) is 4.39 Å². The van der Waals surface area contributed by atoms with E-state index in [-0.39, 0.29) is 24.4 Å². The number of fused-ring (bicyclic) bond motifs is 1. The normalized spacial score (nSPS) is 14.7. The van der Waals surface area contributed by atoms with Crippen molar-refractivity contribution in [2.24, 2.45) is 0 Å². The number of rotatable bonds is 10. The molecule has 0 saturated heterocycles. The molecule has 0 saturated carbocycles. The fourth-order valence-corrected chi connectivity index (χ4v) is 4.35. The highest BCUT2D eigenvalue weighted by molar-refractivity contribution is 5.95. The second-order valence-corrected chi connectivity index (χ2v) is 8.66. The number of methoxy groups -OCH3 is 2. The second-order valence-electron chi connectivity index (χ2n) is 8.66. The first-order valence-electron chi connectivity index (χ1n) is 12.2. The van der Waals surface area contributed by atoms with Gasteiger partial charge in [0.2, 0.25) is 0 Å². The molecule has 1 aliphatic heterocycles. The van der Waals surface area contributed by atoms with E-state index < -0.39 is 0 Å². The summed E-state index contributed by atoms with van der Waals surface area (Å²) in [6.45, 7) is 3.50. The van der Waals surface area contributed by atoms with Crippen molar-refractivity contribution < 1.29 is 28.1 Å². The van der Waals surface area contributed by atoms with Crippen LogP contribution in [0.1, 0.15) is 47.3 Å². The predicted molar refractivity (Wildman–Crippen MR) is 136 cm³/mol. The highest BCUT2D eigenvalue weighted by Gasteiger charge is 2.33. The van der Waals surface area contributed by atoms with Crippen LogP contribution in [-0.4, -0.2) is 44.8 Å². The molecule has 1 heterocycles. The zero-order valence-electron chi connectivity index (χ0n) is 21.0. The van der Waals surface area contributed by atoms with Gasteiger partial charge in [0.1, 0.15) is 23.9 Å². The number of nitrogens with zero attached hydrogens (tertiary/aromatic N) is 1. The van der Waals surface area contributed by atoms with Crippen molar-refractivity contribution in [3.05, 3.63) is 83.2 Å². The van der Waals surface area contributed by atoms with Crippen LogP contribution in [0.25, 0.3) is 0 Å². The van der Waals surface area contributed by atoms with Crippen LogP contribution in [-0.2, 0) is 6.42 Å². The monoisotopic (exact) mass is 493 g/mol. The summed E-state index contributed by atoms with van der Waals surface area (Å²) >= 11 is 0. The van der Waals surface area contributed by atoms with Gasteiger partial charge in [-0.25, -0.2) is 4.39 Å². The van der Waals surface area contributed by atoms with Gasteiger partial charge in [-0.15, -0.1) is 0 Å². The molecule has 0 bridgehead atoms. The smallest absolute Gasteiger partial charge is 0.254 e. The zero-order chi connectivity index (χ0) is 25.5. The Hall–Kier alpha value is -3.74. The first-order chi connectivity index (χ1) is 17.5. The Labute approximate surface area is 211 Å². The molecule has 1 unspecified atom stereocenters. The van der Waals surface area contributed by atoms with Gasteiger partial charge in [-0.1, -0.05) is 13.3 Å². The lowest BCUT2D eigenvalue weighted by atomic mass is 9.91. The Morgan fingerprint density at radius 2 is 1.58 bits per heavy atom. The molecule has 0 aliphatic carbocycles. The minimum Gasteiger partial charge on any atom is -0.494 e. The van der Waals surface area contributed by atoms with Crippen molar-refractivity contribution in [2.75, 3.05) is 34.0 Å². The maximum absolute atomic E-state index is 13.6. The molecule has 1 atom stereocenters. The Morgan fingerprint density at radius 1 is 0.944 bits per heavy atom. The van der Waals surface area contributed by atoms with Gasteiger partial charge >= 0.3 is 0 Å². The second kappa shape index (κ2) is 11.8. The number of halogens is 1. The number of carbonyl (C=O) groups excluding carboxylic acids is 1. The van der Waals surface area contributed by atoms with Crippen LogP contribution in [0.3, 0.4) is 0 Å². The van der Waals surface area contributed by atoms with Crippen molar-refractivity contribution in [2.45, 2.75) is 32.2 Å². The van der Waals surface area contributed by atoms with E-state index in [2.05, 4.69) is 6.92 Å². The van der Waals surface area contributed by atoms with Gasteiger partial charge in [0, 0.05) is 12.1 Å². The molecule has 1 amide bonds. The molecular weight excluding hydrogens is 461 g/mol. The Bertz CT molecular complexity index is 1160. The number of unbranched alkanes of at least 4 members (excludes halogenated alkanes) is 1. The van der Waals surface area contributed by atoms with E-state index in [1.807, 2.05) is 29.2 Å². The third-order valence-corrected chi connectivity index (χ3v) is 6.35. The third-order valence-electron chi connectivity index (χ3n) is 6.35. The van der Waals surface area contributed by atoms with E-state index in [9.17, 15) is 9.18 Å². The molecule has 0 fully saturated rings. The molecule has 3 aromatic carbocycles. The summed E-state index contributed by atoms with van der Waals surface area (Å²) in [7, 11) is 3.19. The predicted octanol–water partition coefficient (Wildman–Crippen LogP) is 5.84. The van der Waals surface area contributed by atoms with Crippen molar-refractivity contribution >= 4 is 5.91 Å². The number of carbonyl (C=O) groups is 1. The van der Waals surface area contributed by atoms with Gasteiger partial charge in [0.15, 0.2) is 11.5 Å². The summed E-state index contributed by atoms with van der Waals surface area (Å²) in [5.41, 5.74) is 2.59. The SMILES string of the molecule is CCCCOc1ccc(C(=O)N2CCc3cc(OC)c(OC)cc3C2COc2ccc(F)cc2)cc1. The number of amides is 1. The minimum absolute atomic E-state index is 0.0942. The van der Waals surface area contributed by atoms with Gasteiger partial charge < -0.3 is 23.8 Å². The van der Waals surface area contributed by atoms with Gasteiger partial charge in [0.25, 0.3) is 5.91 Å². The molecule has 3 aromatic rings. The van der Waals surface area contributed by atoms with E-state index in [1.165, 1.54) is 12.1 Å². The molecule has 0 radical (unpaired) electrons. The van der Waals surface area contributed by atoms with E-state index >= 15 is 0 Å². The molecule has 0 aromatic heterocycles. The van der Waals surface area contributed by atoms with E-state index in [1.54, 1.807) is 38.5 Å². The molecule has 6 nitrogen and oxygen atoms in total. The molecule has 0 N–H and O–H groups in total. The summed E-state index contributed by atoms with van der Waals surface area (Å²) < 4.78 is 36.1. The average Bonchev–Trinajstić information content (AvgIpc) is 2.91. The number of hydrogen-bond donors (Lipinski definition) is 0.